The van der Waals surface area contributed by atoms with Gasteiger partial charge in [-0.3, -0.25) is 0 Å². The van der Waals surface area contributed by atoms with Gasteiger partial charge >= 0.3 is 6.18 Å². The van der Waals surface area contributed by atoms with Crippen LogP contribution >= 0.6 is 0 Å². The van der Waals surface area contributed by atoms with Crippen molar-refractivity contribution in [1.29, 1.82) is 0 Å². The second-order valence-corrected chi connectivity index (χ2v) is 5.58. The van der Waals surface area contributed by atoms with Crippen molar-refractivity contribution in [2.24, 2.45) is 5.92 Å². The topological polar surface area (TPSA) is 21.3 Å². The molecule has 0 spiro atoms. The van der Waals surface area contributed by atoms with E-state index in [-0.39, 0.29) is 6.42 Å². The molecule has 21 heavy (non-hydrogen) atoms. The number of anilines is 1. The number of para-hydroxylation sites is 1. The molecule has 5 heteroatoms. The van der Waals surface area contributed by atoms with Gasteiger partial charge in [0.2, 0.25) is 0 Å². The second kappa shape index (κ2) is 7.16. The summed E-state index contributed by atoms with van der Waals surface area (Å²) in [5.41, 5.74) is 1.81. The minimum Gasteiger partial charge on any atom is -0.384 e. The van der Waals surface area contributed by atoms with E-state index in [1.54, 1.807) is 7.11 Å². The Morgan fingerprint density at radius 1 is 1.19 bits per heavy atom. The van der Waals surface area contributed by atoms with Gasteiger partial charge in [-0.25, -0.2) is 0 Å². The summed E-state index contributed by atoms with van der Waals surface area (Å²) in [5.74, 6) is -1.25. The molecule has 1 aliphatic carbocycles. The molecule has 0 aromatic heterocycles. The number of halogens is 3. The van der Waals surface area contributed by atoms with Crippen molar-refractivity contribution in [3.05, 3.63) is 29.8 Å². The van der Waals surface area contributed by atoms with E-state index in [0.29, 0.717) is 25.9 Å². The monoisotopic (exact) mass is 301 g/mol. The van der Waals surface area contributed by atoms with E-state index in [2.05, 4.69) is 5.32 Å². The van der Waals surface area contributed by atoms with Gasteiger partial charge in [-0.2, -0.15) is 13.2 Å². The highest BCUT2D eigenvalue weighted by atomic mass is 19.4. The third-order valence-electron chi connectivity index (χ3n) is 4.12. The molecule has 1 fully saturated rings. The van der Waals surface area contributed by atoms with Gasteiger partial charge < -0.3 is 10.1 Å². The van der Waals surface area contributed by atoms with Gasteiger partial charge in [0.1, 0.15) is 0 Å². The first-order chi connectivity index (χ1) is 10.0. The average Bonchev–Trinajstić information content (AvgIpc) is 2.46. The smallest absolute Gasteiger partial charge is 0.384 e. The molecule has 0 radical (unpaired) electrons. The minimum absolute atomic E-state index is 0.224. The Labute approximate surface area is 123 Å². The predicted octanol–water partition coefficient (Wildman–Crippen LogP) is 4.41. The molecule has 1 aliphatic rings. The molecule has 1 saturated carbocycles. The van der Waals surface area contributed by atoms with E-state index in [4.69, 9.17) is 4.74 Å². The third-order valence-corrected chi connectivity index (χ3v) is 4.12. The van der Waals surface area contributed by atoms with E-state index in [0.717, 1.165) is 17.7 Å². The van der Waals surface area contributed by atoms with Crippen molar-refractivity contribution in [3.63, 3.8) is 0 Å². The Morgan fingerprint density at radius 3 is 2.62 bits per heavy atom. The number of benzene rings is 1. The van der Waals surface area contributed by atoms with Crippen LogP contribution in [0.25, 0.3) is 0 Å². The molecule has 0 aliphatic heterocycles. The van der Waals surface area contributed by atoms with Gasteiger partial charge in [0.15, 0.2) is 0 Å². The molecular formula is C16H22F3NO. The molecule has 0 amide bonds. The van der Waals surface area contributed by atoms with E-state index in [1.165, 1.54) is 0 Å². The van der Waals surface area contributed by atoms with E-state index in [1.807, 2.05) is 24.3 Å². The molecule has 1 aromatic rings. The maximum atomic E-state index is 13.1. The molecule has 0 bridgehead atoms. The minimum atomic E-state index is -4.13. The van der Waals surface area contributed by atoms with E-state index in [9.17, 15) is 13.2 Å². The molecule has 2 unspecified atom stereocenters. The molecule has 2 rings (SSSR count). The summed E-state index contributed by atoms with van der Waals surface area (Å²) in [6, 6.07) is 7.02. The molecule has 0 heterocycles. The number of methoxy groups -OCH3 is 1. The van der Waals surface area contributed by atoms with Crippen molar-refractivity contribution >= 4 is 5.69 Å². The van der Waals surface area contributed by atoms with Crippen molar-refractivity contribution in [2.75, 3.05) is 19.0 Å². The number of ether oxygens (including phenoxy) is 1. The lowest BCUT2D eigenvalue weighted by Gasteiger charge is -2.34. The van der Waals surface area contributed by atoms with Crippen LogP contribution in [-0.4, -0.2) is 25.9 Å². The fourth-order valence-corrected chi connectivity index (χ4v) is 2.99. The summed E-state index contributed by atoms with van der Waals surface area (Å²) in [4.78, 5) is 0. The standard InChI is InChI=1S/C16H22F3NO/c1-21-11-10-12-6-2-4-8-14(12)20-15-9-5-3-7-13(15)16(17,18)19/h2,4,6,8,13,15,20H,3,5,7,9-11H2,1H3. The molecule has 2 atom stereocenters. The van der Waals surface area contributed by atoms with Crippen LogP contribution in [0, 0.1) is 5.92 Å². The Hall–Kier alpha value is -1.23. The molecule has 2 nitrogen and oxygen atoms in total. The fourth-order valence-electron chi connectivity index (χ4n) is 2.99. The third kappa shape index (κ3) is 4.37. The average molecular weight is 301 g/mol. The van der Waals surface area contributed by atoms with Crippen LogP contribution in [0.15, 0.2) is 24.3 Å². The molecule has 0 saturated heterocycles. The Morgan fingerprint density at radius 2 is 1.90 bits per heavy atom. The van der Waals surface area contributed by atoms with Gasteiger partial charge in [0, 0.05) is 18.8 Å². The van der Waals surface area contributed by atoms with Gasteiger partial charge in [0.25, 0.3) is 0 Å². The lowest BCUT2D eigenvalue weighted by Crippen LogP contribution is -2.41. The van der Waals surface area contributed by atoms with Crippen LogP contribution in [0.3, 0.4) is 0 Å². The van der Waals surface area contributed by atoms with Crippen molar-refractivity contribution in [1.82, 2.24) is 0 Å². The van der Waals surface area contributed by atoms with Crippen molar-refractivity contribution < 1.29 is 17.9 Å². The van der Waals surface area contributed by atoms with E-state index >= 15 is 0 Å². The fraction of sp³-hybridized carbons (Fsp3) is 0.625. The van der Waals surface area contributed by atoms with Crippen LogP contribution in [-0.2, 0) is 11.2 Å². The Bertz CT molecular complexity index is 447. The van der Waals surface area contributed by atoms with Crippen molar-refractivity contribution in [2.45, 2.75) is 44.3 Å². The van der Waals surface area contributed by atoms with Gasteiger partial charge in [-0.1, -0.05) is 31.0 Å². The largest absolute Gasteiger partial charge is 0.393 e. The molecule has 118 valence electrons. The highest BCUT2D eigenvalue weighted by Crippen LogP contribution is 2.39. The van der Waals surface area contributed by atoms with Gasteiger partial charge in [0.05, 0.1) is 12.5 Å². The predicted molar refractivity (Wildman–Crippen MR) is 77.4 cm³/mol. The molecular weight excluding hydrogens is 279 g/mol. The van der Waals surface area contributed by atoms with E-state index < -0.39 is 18.1 Å². The van der Waals surface area contributed by atoms with Crippen molar-refractivity contribution in [3.8, 4) is 0 Å². The zero-order valence-electron chi connectivity index (χ0n) is 12.2. The summed E-state index contributed by atoms with van der Waals surface area (Å²) in [6.45, 7) is 0.562. The highest BCUT2D eigenvalue weighted by Gasteiger charge is 2.45. The maximum absolute atomic E-state index is 13.1. The molecule has 1 aromatic carbocycles. The number of alkyl halides is 3. The Kier molecular flexibility index (Phi) is 5.51. The number of rotatable bonds is 5. The number of nitrogens with one attached hydrogen (secondary N) is 1. The van der Waals surface area contributed by atoms with Crippen LogP contribution < -0.4 is 5.32 Å². The lowest BCUT2D eigenvalue weighted by atomic mass is 9.83. The van der Waals surface area contributed by atoms with Gasteiger partial charge in [-0.15, -0.1) is 0 Å². The van der Waals surface area contributed by atoms with Crippen LogP contribution in [0.4, 0.5) is 18.9 Å². The first-order valence-electron chi connectivity index (χ1n) is 7.42. The Balaban J connectivity index is 2.12. The second-order valence-electron chi connectivity index (χ2n) is 5.58. The summed E-state index contributed by atoms with van der Waals surface area (Å²) in [6.07, 6.45) is -1.12. The van der Waals surface area contributed by atoms with Gasteiger partial charge in [-0.05, 0) is 30.9 Å². The zero-order valence-corrected chi connectivity index (χ0v) is 12.2. The lowest BCUT2D eigenvalue weighted by molar-refractivity contribution is -0.184. The summed E-state index contributed by atoms with van der Waals surface area (Å²) >= 11 is 0. The van der Waals surface area contributed by atoms with Crippen LogP contribution in [0.2, 0.25) is 0 Å². The first kappa shape index (κ1) is 16.1. The number of hydrogen-bond acceptors (Lipinski definition) is 2. The molecule has 1 N–H and O–H groups in total. The summed E-state index contributed by atoms with van der Waals surface area (Å²) < 4.78 is 44.5. The van der Waals surface area contributed by atoms with Crippen LogP contribution in [0.5, 0.6) is 0 Å². The SMILES string of the molecule is COCCc1ccccc1NC1CCCCC1C(F)(F)F. The summed E-state index contributed by atoms with van der Waals surface area (Å²) in [5, 5.41) is 3.14. The number of hydrogen-bond donors (Lipinski definition) is 1. The first-order valence-corrected chi connectivity index (χ1v) is 7.42. The summed E-state index contributed by atoms with van der Waals surface area (Å²) in [7, 11) is 1.62. The zero-order chi connectivity index (χ0) is 15.3. The maximum Gasteiger partial charge on any atom is 0.393 e. The quantitative estimate of drug-likeness (QED) is 0.870. The van der Waals surface area contributed by atoms with Crippen LogP contribution in [0.1, 0.15) is 31.2 Å². The normalized spacial score (nSPS) is 23.0. The highest BCUT2D eigenvalue weighted by molar-refractivity contribution is 5.52.